The van der Waals surface area contributed by atoms with Gasteiger partial charge in [0.2, 0.25) is 0 Å². The van der Waals surface area contributed by atoms with E-state index in [0.29, 0.717) is 17.9 Å². The van der Waals surface area contributed by atoms with Crippen LogP contribution in [0.25, 0.3) is 17.5 Å². The van der Waals surface area contributed by atoms with E-state index < -0.39 is 0 Å². The van der Waals surface area contributed by atoms with Crippen LogP contribution in [-0.2, 0) is 13.1 Å². The van der Waals surface area contributed by atoms with E-state index in [1.165, 1.54) is 11.6 Å². The summed E-state index contributed by atoms with van der Waals surface area (Å²) in [5.41, 5.74) is 3.52. The number of imidazole rings is 1. The number of fused-ring (bicyclic) bond motifs is 1. The number of nitrogens with zero attached hydrogens (tertiary/aromatic N) is 2. The molecule has 5 heteroatoms. The number of hydrogen-bond donors (Lipinski definition) is 1. The molecule has 4 rings (SSSR count). The minimum absolute atomic E-state index is 0.273. The van der Waals surface area contributed by atoms with Gasteiger partial charge in [-0.25, -0.2) is 9.37 Å². The first-order valence-electron chi connectivity index (χ1n) is 7.69. The predicted molar refractivity (Wildman–Crippen MR) is 93.7 cm³/mol. The van der Waals surface area contributed by atoms with Crippen molar-refractivity contribution in [1.82, 2.24) is 14.9 Å². The van der Waals surface area contributed by atoms with Crippen molar-refractivity contribution in [3.8, 4) is 11.4 Å². The van der Waals surface area contributed by atoms with Crippen LogP contribution in [0.4, 0.5) is 4.39 Å². The highest BCUT2D eigenvalue weighted by Gasteiger charge is 2.17. The van der Waals surface area contributed by atoms with Crippen LogP contribution in [0, 0.1) is 5.82 Å². The lowest BCUT2D eigenvalue weighted by Crippen LogP contribution is -2.19. The lowest BCUT2D eigenvalue weighted by atomic mass is 10.2. The van der Waals surface area contributed by atoms with Crippen molar-refractivity contribution in [3.63, 3.8) is 0 Å². The Hall–Kier alpha value is -2.59. The second-order valence-corrected chi connectivity index (χ2v) is 6.21. The highest BCUT2D eigenvalue weighted by Crippen LogP contribution is 2.25. The van der Waals surface area contributed by atoms with Gasteiger partial charge in [0, 0.05) is 17.8 Å². The van der Waals surface area contributed by atoms with Gasteiger partial charge < -0.3 is 9.88 Å². The fraction of sp³-hybridized carbons (Fsp3) is 0.105. The Morgan fingerprint density at radius 1 is 1.12 bits per heavy atom. The van der Waals surface area contributed by atoms with Gasteiger partial charge in [0.25, 0.3) is 0 Å². The molecular formula is C19H15ClFN3. The van der Waals surface area contributed by atoms with Crippen molar-refractivity contribution in [3.05, 3.63) is 82.5 Å². The minimum atomic E-state index is -0.273. The van der Waals surface area contributed by atoms with Crippen molar-refractivity contribution < 1.29 is 4.39 Å². The fourth-order valence-electron chi connectivity index (χ4n) is 2.83. The number of benzene rings is 2. The normalized spacial score (nSPS) is 13.2. The van der Waals surface area contributed by atoms with Crippen molar-refractivity contribution in [2.24, 2.45) is 0 Å². The second-order valence-electron chi connectivity index (χ2n) is 5.78. The van der Waals surface area contributed by atoms with Gasteiger partial charge in [0.1, 0.15) is 11.6 Å². The number of aromatic amines is 1. The Kier molecular flexibility index (Phi) is 3.82. The SMILES string of the molecule is Fc1ccccc1-c1nc2c([nH]1)CN(Cc1ccc(Cl)cc1)C=C2. The average Bonchev–Trinajstić information content (AvgIpc) is 3.00. The Morgan fingerprint density at radius 2 is 1.92 bits per heavy atom. The maximum Gasteiger partial charge on any atom is 0.141 e. The maximum atomic E-state index is 13.9. The molecule has 1 aliphatic heterocycles. The standard InChI is InChI=1S/C19H15ClFN3/c20-14-7-5-13(6-8-14)11-24-10-9-17-18(12-24)23-19(22-17)15-3-1-2-4-16(15)21/h1-10H,11-12H2,(H,22,23). The van der Waals surface area contributed by atoms with E-state index in [4.69, 9.17) is 11.6 Å². The largest absolute Gasteiger partial charge is 0.367 e. The van der Waals surface area contributed by atoms with Gasteiger partial charge in [-0.05, 0) is 35.9 Å². The van der Waals surface area contributed by atoms with Crippen LogP contribution >= 0.6 is 11.6 Å². The van der Waals surface area contributed by atoms with Crippen LogP contribution in [-0.4, -0.2) is 14.9 Å². The first-order chi connectivity index (χ1) is 11.7. The molecule has 0 bridgehead atoms. The summed E-state index contributed by atoms with van der Waals surface area (Å²) in [6.45, 7) is 1.48. The van der Waals surface area contributed by atoms with Crippen LogP contribution in [0.15, 0.2) is 54.7 Å². The van der Waals surface area contributed by atoms with Crippen LogP contribution in [0.5, 0.6) is 0 Å². The number of hydrogen-bond acceptors (Lipinski definition) is 2. The summed E-state index contributed by atoms with van der Waals surface area (Å²) in [6, 6.07) is 14.5. The highest BCUT2D eigenvalue weighted by molar-refractivity contribution is 6.30. The summed E-state index contributed by atoms with van der Waals surface area (Å²) in [6.07, 6.45) is 3.97. The molecule has 1 aliphatic rings. The quantitative estimate of drug-likeness (QED) is 0.739. The molecule has 0 spiro atoms. The summed E-state index contributed by atoms with van der Waals surface area (Å²) in [4.78, 5) is 9.93. The zero-order chi connectivity index (χ0) is 16.5. The van der Waals surface area contributed by atoms with Gasteiger partial charge >= 0.3 is 0 Å². The molecule has 0 fully saturated rings. The monoisotopic (exact) mass is 339 g/mol. The number of rotatable bonds is 3. The number of aromatic nitrogens is 2. The minimum Gasteiger partial charge on any atom is -0.367 e. The lowest BCUT2D eigenvalue weighted by Gasteiger charge is -2.23. The van der Waals surface area contributed by atoms with E-state index in [0.717, 1.165) is 23.0 Å². The molecule has 0 atom stereocenters. The third kappa shape index (κ3) is 2.93. The molecule has 1 N–H and O–H groups in total. The molecule has 120 valence electrons. The molecule has 0 radical (unpaired) electrons. The van der Waals surface area contributed by atoms with Gasteiger partial charge in [0.15, 0.2) is 0 Å². The van der Waals surface area contributed by atoms with E-state index in [1.54, 1.807) is 12.1 Å². The summed E-state index contributed by atoms with van der Waals surface area (Å²) >= 11 is 5.92. The smallest absolute Gasteiger partial charge is 0.141 e. The van der Waals surface area contributed by atoms with Gasteiger partial charge in [-0.2, -0.15) is 0 Å². The summed E-state index contributed by atoms with van der Waals surface area (Å²) < 4.78 is 13.9. The van der Waals surface area contributed by atoms with Gasteiger partial charge in [-0.3, -0.25) is 0 Å². The average molecular weight is 340 g/mol. The number of nitrogens with one attached hydrogen (secondary N) is 1. The lowest BCUT2D eigenvalue weighted by molar-refractivity contribution is 0.355. The predicted octanol–water partition coefficient (Wildman–Crippen LogP) is 4.86. The molecule has 2 heterocycles. The fourth-order valence-corrected chi connectivity index (χ4v) is 2.95. The van der Waals surface area contributed by atoms with Crippen molar-refractivity contribution >= 4 is 17.7 Å². The Bertz CT molecular complexity index is 899. The first kappa shape index (κ1) is 15.0. The molecule has 0 amide bonds. The van der Waals surface area contributed by atoms with Crippen LogP contribution in [0.2, 0.25) is 5.02 Å². The third-order valence-electron chi connectivity index (χ3n) is 4.04. The molecule has 0 saturated carbocycles. The molecule has 24 heavy (non-hydrogen) atoms. The van der Waals surface area contributed by atoms with Crippen LogP contribution in [0.3, 0.4) is 0 Å². The zero-order valence-corrected chi connectivity index (χ0v) is 13.6. The molecule has 2 aromatic carbocycles. The number of halogens is 2. The molecule has 1 aromatic heterocycles. The van der Waals surface area contributed by atoms with Crippen LogP contribution < -0.4 is 0 Å². The second kappa shape index (κ2) is 6.13. The summed E-state index contributed by atoms with van der Waals surface area (Å²) in [5, 5.41) is 0.735. The van der Waals surface area contributed by atoms with Gasteiger partial charge in [-0.15, -0.1) is 0 Å². The van der Waals surface area contributed by atoms with Crippen molar-refractivity contribution in [2.75, 3.05) is 0 Å². The van der Waals surface area contributed by atoms with E-state index in [2.05, 4.69) is 14.9 Å². The third-order valence-corrected chi connectivity index (χ3v) is 4.30. The Balaban J connectivity index is 1.55. The first-order valence-corrected chi connectivity index (χ1v) is 8.07. The van der Waals surface area contributed by atoms with Crippen molar-refractivity contribution in [1.29, 1.82) is 0 Å². The Morgan fingerprint density at radius 3 is 2.71 bits per heavy atom. The van der Waals surface area contributed by atoms with Gasteiger partial charge in [0.05, 0.1) is 23.5 Å². The van der Waals surface area contributed by atoms with Crippen LogP contribution in [0.1, 0.15) is 17.0 Å². The molecule has 0 saturated heterocycles. The molecule has 3 nitrogen and oxygen atoms in total. The zero-order valence-electron chi connectivity index (χ0n) is 12.8. The van der Waals surface area contributed by atoms with Gasteiger partial charge in [-0.1, -0.05) is 35.9 Å². The number of H-pyrrole nitrogens is 1. The highest BCUT2D eigenvalue weighted by atomic mass is 35.5. The summed E-state index contributed by atoms with van der Waals surface area (Å²) in [5.74, 6) is 0.293. The summed E-state index contributed by atoms with van der Waals surface area (Å²) in [7, 11) is 0. The van der Waals surface area contributed by atoms with E-state index in [9.17, 15) is 4.39 Å². The van der Waals surface area contributed by atoms with E-state index in [1.807, 2.05) is 42.6 Å². The van der Waals surface area contributed by atoms with Crippen molar-refractivity contribution in [2.45, 2.75) is 13.1 Å². The topological polar surface area (TPSA) is 31.9 Å². The Labute approximate surface area is 144 Å². The maximum absolute atomic E-state index is 13.9. The van der Waals surface area contributed by atoms with E-state index in [-0.39, 0.29) is 5.82 Å². The molecule has 0 aliphatic carbocycles. The van der Waals surface area contributed by atoms with E-state index >= 15 is 0 Å². The molecule has 3 aromatic rings. The molecular weight excluding hydrogens is 325 g/mol. The molecule has 0 unspecified atom stereocenters.